The fraction of sp³-hybridized carbons (Fsp3) is 0.0556. The minimum Gasteiger partial charge on any atom is -0.493 e. The van der Waals surface area contributed by atoms with Gasteiger partial charge in [-0.1, -0.05) is 17.3 Å². The standard InChI is InChI=1S/C18H11FN2O4/c1-23-14-4-2-3-11-9-13(18(22)24-15(11)14)17-20-16(21-25-17)10-5-7-12(19)8-6-10/h2-9H,1H3. The van der Waals surface area contributed by atoms with Crippen molar-refractivity contribution < 1.29 is 18.1 Å². The van der Waals surface area contributed by atoms with Crippen molar-refractivity contribution in [1.29, 1.82) is 0 Å². The van der Waals surface area contributed by atoms with Crippen LogP contribution in [0.3, 0.4) is 0 Å². The molecule has 0 saturated heterocycles. The third-order valence-corrected chi connectivity index (χ3v) is 3.70. The van der Waals surface area contributed by atoms with Crippen LogP contribution < -0.4 is 10.4 Å². The highest BCUT2D eigenvalue weighted by Crippen LogP contribution is 2.27. The summed E-state index contributed by atoms with van der Waals surface area (Å²) in [6.45, 7) is 0. The number of hydrogen-bond acceptors (Lipinski definition) is 6. The average Bonchev–Trinajstić information content (AvgIpc) is 3.11. The highest BCUT2D eigenvalue weighted by molar-refractivity contribution is 5.85. The molecule has 0 atom stereocenters. The van der Waals surface area contributed by atoms with Gasteiger partial charge in [-0.2, -0.15) is 4.98 Å². The van der Waals surface area contributed by atoms with Crippen molar-refractivity contribution in [2.24, 2.45) is 0 Å². The minimum absolute atomic E-state index is 0.0257. The molecule has 0 unspecified atom stereocenters. The van der Waals surface area contributed by atoms with Gasteiger partial charge in [0, 0.05) is 10.9 Å². The first-order chi connectivity index (χ1) is 12.2. The fourth-order valence-electron chi connectivity index (χ4n) is 2.48. The van der Waals surface area contributed by atoms with E-state index in [9.17, 15) is 9.18 Å². The highest BCUT2D eigenvalue weighted by atomic mass is 19.1. The molecule has 0 aliphatic rings. The summed E-state index contributed by atoms with van der Waals surface area (Å²) in [6.07, 6.45) is 0. The van der Waals surface area contributed by atoms with Gasteiger partial charge < -0.3 is 13.7 Å². The lowest BCUT2D eigenvalue weighted by atomic mass is 10.1. The van der Waals surface area contributed by atoms with Crippen LogP contribution >= 0.6 is 0 Å². The van der Waals surface area contributed by atoms with Crippen molar-refractivity contribution in [3.05, 3.63) is 64.8 Å². The zero-order valence-corrected chi connectivity index (χ0v) is 13.0. The number of fused-ring (bicyclic) bond motifs is 1. The van der Waals surface area contributed by atoms with Crippen LogP contribution in [0.5, 0.6) is 5.75 Å². The maximum absolute atomic E-state index is 13.0. The van der Waals surface area contributed by atoms with Crippen molar-refractivity contribution >= 4 is 11.0 Å². The van der Waals surface area contributed by atoms with Crippen LogP contribution in [0.1, 0.15) is 0 Å². The molecule has 6 nitrogen and oxygen atoms in total. The predicted octanol–water partition coefficient (Wildman–Crippen LogP) is 3.66. The van der Waals surface area contributed by atoms with E-state index in [-0.39, 0.29) is 23.1 Å². The van der Waals surface area contributed by atoms with Crippen LogP contribution in [-0.2, 0) is 0 Å². The second-order valence-electron chi connectivity index (χ2n) is 5.26. The summed E-state index contributed by atoms with van der Waals surface area (Å²) in [5.74, 6) is 0.369. The van der Waals surface area contributed by atoms with Gasteiger partial charge in [-0.15, -0.1) is 0 Å². The van der Waals surface area contributed by atoms with Gasteiger partial charge >= 0.3 is 5.63 Å². The summed E-state index contributed by atoms with van der Waals surface area (Å²) in [5, 5.41) is 4.50. The zero-order valence-electron chi connectivity index (χ0n) is 13.0. The quantitative estimate of drug-likeness (QED) is 0.531. The van der Waals surface area contributed by atoms with Crippen molar-refractivity contribution in [2.75, 3.05) is 7.11 Å². The second kappa shape index (κ2) is 5.86. The number of para-hydroxylation sites is 1. The molecular weight excluding hydrogens is 327 g/mol. The number of methoxy groups -OCH3 is 1. The molecule has 2 aromatic heterocycles. The minimum atomic E-state index is -0.619. The highest BCUT2D eigenvalue weighted by Gasteiger charge is 2.17. The number of ether oxygens (including phenoxy) is 1. The van der Waals surface area contributed by atoms with Gasteiger partial charge in [-0.05, 0) is 36.4 Å². The Hall–Kier alpha value is -3.48. The second-order valence-corrected chi connectivity index (χ2v) is 5.26. The summed E-state index contributed by atoms with van der Waals surface area (Å²) in [4.78, 5) is 16.5. The van der Waals surface area contributed by atoms with Crippen LogP contribution in [-0.4, -0.2) is 17.3 Å². The maximum atomic E-state index is 13.0. The first kappa shape index (κ1) is 15.1. The number of halogens is 1. The van der Waals surface area contributed by atoms with E-state index in [0.717, 1.165) is 0 Å². The van der Waals surface area contributed by atoms with Gasteiger partial charge in [0.1, 0.15) is 11.4 Å². The summed E-state index contributed by atoms with van der Waals surface area (Å²) < 4.78 is 28.7. The van der Waals surface area contributed by atoms with Crippen LogP contribution in [0, 0.1) is 5.82 Å². The Bertz CT molecular complexity index is 1120. The largest absolute Gasteiger partial charge is 0.493 e. The Morgan fingerprint density at radius 1 is 1.12 bits per heavy atom. The summed E-state index contributed by atoms with van der Waals surface area (Å²) in [7, 11) is 1.50. The van der Waals surface area contributed by atoms with E-state index in [1.54, 1.807) is 24.3 Å². The molecule has 7 heteroatoms. The SMILES string of the molecule is COc1cccc2cc(-c3nc(-c4ccc(F)cc4)no3)c(=O)oc12. The summed E-state index contributed by atoms with van der Waals surface area (Å²) in [5.41, 5.74) is 0.438. The van der Waals surface area contributed by atoms with E-state index in [2.05, 4.69) is 10.1 Å². The average molecular weight is 338 g/mol. The molecule has 0 radical (unpaired) electrons. The van der Waals surface area contributed by atoms with E-state index in [1.807, 2.05) is 0 Å². The Balaban J connectivity index is 1.81. The van der Waals surface area contributed by atoms with Crippen molar-refractivity contribution in [2.45, 2.75) is 0 Å². The smallest absolute Gasteiger partial charge is 0.349 e. The van der Waals surface area contributed by atoms with E-state index in [0.29, 0.717) is 22.3 Å². The number of rotatable bonds is 3. The molecule has 0 aliphatic heterocycles. The zero-order chi connectivity index (χ0) is 17.4. The third kappa shape index (κ3) is 2.65. The Kier molecular flexibility index (Phi) is 3.53. The molecule has 25 heavy (non-hydrogen) atoms. The van der Waals surface area contributed by atoms with Gasteiger partial charge in [-0.25, -0.2) is 9.18 Å². The molecular formula is C18H11FN2O4. The molecule has 0 saturated carbocycles. The Morgan fingerprint density at radius 2 is 1.92 bits per heavy atom. The molecule has 124 valence electrons. The first-order valence-electron chi connectivity index (χ1n) is 7.36. The van der Waals surface area contributed by atoms with E-state index in [1.165, 1.54) is 31.4 Å². The van der Waals surface area contributed by atoms with E-state index >= 15 is 0 Å². The Morgan fingerprint density at radius 3 is 2.68 bits per heavy atom. The Labute approximate surface area is 140 Å². The lowest BCUT2D eigenvalue weighted by molar-refractivity contribution is 0.405. The predicted molar refractivity (Wildman–Crippen MR) is 87.7 cm³/mol. The summed E-state index contributed by atoms with van der Waals surface area (Å²) >= 11 is 0. The number of hydrogen-bond donors (Lipinski definition) is 0. The summed E-state index contributed by atoms with van der Waals surface area (Å²) in [6, 6.07) is 12.5. The lowest BCUT2D eigenvalue weighted by Gasteiger charge is -2.03. The molecule has 2 heterocycles. The van der Waals surface area contributed by atoms with Crippen molar-refractivity contribution in [1.82, 2.24) is 10.1 Å². The number of nitrogens with zero attached hydrogens (tertiary/aromatic N) is 2. The van der Waals surface area contributed by atoms with Crippen LogP contribution in [0.25, 0.3) is 33.8 Å². The molecule has 2 aromatic carbocycles. The van der Waals surface area contributed by atoms with Gasteiger partial charge in [-0.3, -0.25) is 0 Å². The first-order valence-corrected chi connectivity index (χ1v) is 7.36. The normalized spacial score (nSPS) is 11.0. The third-order valence-electron chi connectivity index (χ3n) is 3.70. The topological polar surface area (TPSA) is 78.4 Å². The van der Waals surface area contributed by atoms with Gasteiger partial charge in [0.05, 0.1) is 7.11 Å². The van der Waals surface area contributed by atoms with Gasteiger partial charge in [0.25, 0.3) is 5.89 Å². The molecule has 0 spiro atoms. The van der Waals surface area contributed by atoms with Crippen LogP contribution in [0.2, 0.25) is 0 Å². The molecule has 0 amide bonds. The van der Waals surface area contributed by atoms with Crippen molar-refractivity contribution in [3.8, 4) is 28.6 Å². The number of benzene rings is 2. The maximum Gasteiger partial charge on any atom is 0.349 e. The molecule has 0 bridgehead atoms. The van der Waals surface area contributed by atoms with Crippen molar-refractivity contribution in [3.63, 3.8) is 0 Å². The molecule has 0 N–H and O–H groups in total. The van der Waals surface area contributed by atoms with Gasteiger partial charge in [0.15, 0.2) is 11.3 Å². The van der Waals surface area contributed by atoms with Crippen LogP contribution in [0.4, 0.5) is 4.39 Å². The molecule has 0 aliphatic carbocycles. The molecule has 4 rings (SSSR count). The van der Waals surface area contributed by atoms with E-state index in [4.69, 9.17) is 13.7 Å². The van der Waals surface area contributed by atoms with Crippen LogP contribution in [0.15, 0.2) is 62.3 Å². The lowest BCUT2D eigenvalue weighted by Crippen LogP contribution is -2.03. The van der Waals surface area contributed by atoms with E-state index < -0.39 is 5.63 Å². The monoisotopic (exact) mass is 338 g/mol. The number of aromatic nitrogens is 2. The molecule has 4 aromatic rings. The van der Waals surface area contributed by atoms with Gasteiger partial charge in [0.2, 0.25) is 5.82 Å². The molecule has 0 fully saturated rings. The fourth-order valence-corrected chi connectivity index (χ4v) is 2.48.